The van der Waals surface area contributed by atoms with Gasteiger partial charge in [-0.3, -0.25) is 19.3 Å². The number of ether oxygens (including phenoxy) is 1. The van der Waals surface area contributed by atoms with Crippen LogP contribution in [0.5, 0.6) is 0 Å². The van der Waals surface area contributed by atoms with Gasteiger partial charge in [0.25, 0.3) is 5.91 Å². The molecule has 1 aliphatic heterocycles. The van der Waals surface area contributed by atoms with Crippen LogP contribution in [0.3, 0.4) is 0 Å². The van der Waals surface area contributed by atoms with E-state index in [0.717, 1.165) is 10.5 Å². The highest BCUT2D eigenvalue weighted by molar-refractivity contribution is 8.00. The van der Waals surface area contributed by atoms with Crippen molar-refractivity contribution in [3.05, 3.63) is 54.1 Å². The molecule has 1 N–H and O–H groups in total. The van der Waals surface area contributed by atoms with Gasteiger partial charge in [-0.05, 0) is 38.1 Å². The minimum absolute atomic E-state index is 0.160. The molecule has 0 unspecified atom stereocenters. The number of anilines is 2. The molecule has 3 rings (SSSR count). The third-order valence-electron chi connectivity index (χ3n) is 4.09. The molecule has 0 fully saturated rings. The van der Waals surface area contributed by atoms with Gasteiger partial charge in [0, 0.05) is 10.6 Å². The lowest BCUT2D eigenvalue weighted by Crippen LogP contribution is -2.41. The average Bonchev–Trinajstić information content (AvgIpc) is 2.66. The summed E-state index contributed by atoms with van der Waals surface area (Å²) in [6, 6.07) is 14.7. The van der Waals surface area contributed by atoms with E-state index in [2.05, 4.69) is 5.32 Å². The molecule has 2 amide bonds. The molecular weight excluding hydrogens is 364 g/mol. The molecule has 1 heterocycles. The number of para-hydroxylation sites is 1. The molecule has 0 spiro atoms. The van der Waals surface area contributed by atoms with Gasteiger partial charge in [-0.15, -0.1) is 11.8 Å². The van der Waals surface area contributed by atoms with Crippen LogP contribution in [0.15, 0.2) is 53.4 Å². The number of rotatable bonds is 5. The second kappa shape index (κ2) is 8.26. The molecule has 1 atom stereocenters. The Morgan fingerprint density at radius 1 is 1.19 bits per heavy atom. The predicted octanol–water partition coefficient (Wildman–Crippen LogP) is 3.00. The number of thioether (sulfide) groups is 1. The Kier molecular flexibility index (Phi) is 5.81. The van der Waals surface area contributed by atoms with Crippen molar-refractivity contribution in [2.45, 2.75) is 24.8 Å². The average molecular weight is 384 g/mol. The smallest absolute Gasteiger partial charge is 0.326 e. The number of carbonyl (C=O) groups is 3. The number of esters is 1. The number of hydrogen-bond acceptors (Lipinski definition) is 5. The molecule has 0 aliphatic carbocycles. The second-order valence-corrected chi connectivity index (χ2v) is 7.24. The molecule has 1 aliphatic rings. The zero-order valence-electron chi connectivity index (χ0n) is 15.1. The minimum Gasteiger partial charge on any atom is -0.451 e. The first-order valence-corrected chi connectivity index (χ1v) is 9.52. The molecule has 0 saturated carbocycles. The summed E-state index contributed by atoms with van der Waals surface area (Å²) >= 11 is 1.44. The monoisotopic (exact) mass is 384 g/mol. The second-order valence-electron chi connectivity index (χ2n) is 6.22. The van der Waals surface area contributed by atoms with Crippen LogP contribution in [0.4, 0.5) is 11.4 Å². The van der Waals surface area contributed by atoms with Crippen molar-refractivity contribution in [1.82, 2.24) is 0 Å². The summed E-state index contributed by atoms with van der Waals surface area (Å²) in [5.74, 6) is -0.939. The third kappa shape index (κ3) is 4.68. The van der Waals surface area contributed by atoms with E-state index in [1.54, 1.807) is 18.2 Å². The molecule has 0 saturated heterocycles. The van der Waals surface area contributed by atoms with Crippen molar-refractivity contribution in [3.63, 3.8) is 0 Å². The highest BCUT2D eigenvalue weighted by atomic mass is 32.2. The highest BCUT2D eigenvalue weighted by Gasteiger charge is 2.28. The maximum atomic E-state index is 12.3. The first kappa shape index (κ1) is 19.0. The lowest BCUT2D eigenvalue weighted by molar-refractivity contribution is -0.152. The maximum Gasteiger partial charge on any atom is 0.326 e. The molecule has 7 heteroatoms. The zero-order chi connectivity index (χ0) is 19.4. The summed E-state index contributed by atoms with van der Waals surface area (Å²) in [4.78, 5) is 39.0. The Morgan fingerprint density at radius 3 is 2.63 bits per heavy atom. The summed E-state index contributed by atoms with van der Waals surface area (Å²) in [5.41, 5.74) is 2.40. The van der Waals surface area contributed by atoms with Crippen molar-refractivity contribution in [2.24, 2.45) is 0 Å². The van der Waals surface area contributed by atoms with Gasteiger partial charge >= 0.3 is 5.97 Å². The van der Waals surface area contributed by atoms with Crippen molar-refractivity contribution in [1.29, 1.82) is 0 Å². The molecule has 0 radical (unpaired) electrons. The predicted molar refractivity (Wildman–Crippen MR) is 105 cm³/mol. The SMILES string of the molecule is Cc1ccc(NC(=O)[C@H](C)OC(=O)CN2C(=O)CSc3ccccc32)cc1. The van der Waals surface area contributed by atoms with E-state index in [1.807, 2.05) is 37.3 Å². The largest absolute Gasteiger partial charge is 0.451 e. The maximum absolute atomic E-state index is 12.3. The lowest BCUT2D eigenvalue weighted by atomic mass is 10.2. The number of benzene rings is 2. The Hall–Kier alpha value is -2.80. The van der Waals surface area contributed by atoms with Crippen molar-refractivity contribution in [2.75, 3.05) is 22.5 Å². The van der Waals surface area contributed by atoms with Crippen LogP contribution in [-0.2, 0) is 19.1 Å². The van der Waals surface area contributed by atoms with Crippen LogP contribution in [0.25, 0.3) is 0 Å². The van der Waals surface area contributed by atoms with E-state index >= 15 is 0 Å². The van der Waals surface area contributed by atoms with E-state index in [4.69, 9.17) is 4.74 Å². The topological polar surface area (TPSA) is 75.7 Å². The van der Waals surface area contributed by atoms with Crippen molar-refractivity contribution < 1.29 is 19.1 Å². The van der Waals surface area contributed by atoms with Gasteiger partial charge in [0.1, 0.15) is 6.54 Å². The fourth-order valence-electron chi connectivity index (χ4n) is 2.63. The van der Waals surface area contributed by atoms with Crippen LogP contribution in [0.1, 0.15) is 12.5 Å². The van der Waals surface area contributed by atoms with Crippen LogP contribution in [0.2, 0.25) is 0 Å². The Balaban J connectivity index is 1.59. The first-order valence-electron chi connectivity index (χ1n) is 8.53. The Morgan fingerprint density at radius 2 is 1.89 bits per heavy atom. The number of aryl methyl sites for hydroxylation is 1. The van der Waals surface area contributed by atoms with Gasteiger partial charge in [0.05, 0.1) is 11.4 Å². The molecule has 2 aromatic carbocycles. The number of amides is 2. The summed E-state index contributed by atoms with van der Waals surface area (Å²) in [6.45, 7) is 3.23. The molecule has 0 aromatic heterocycles. The molecule has 27 heavy (non-hydrogen) atoms. The number of nitrogens with one attached hydrogen (secondary N) is 1. The summed E-state index contributed by atoms with van der Waals surface area (Å²) < 4.78 is 5.22. The van der Waals surface area contributed by atoms with Crippen LogP contribution < -0.4 is 10.2 Å². The standard InChI is InChI=1S/C20H20N2O4S/c1-13-7-9-15(10-8-13)21-20(25)14(2)26-19(24)11-22-16-5-3-4-6-17(16)27-12-18(22)23/h3-10,14H,11-12H2,1-2H3,(H,21,25)/t14-/m0/s1. The lowest BCUT2D eigenvalue weighted by Gasteiger charge is -2.28. The van der Waals surface area contributed by atoms with Gasteiger partial charge in [0.2, 0.25) is 5.91 Å². The van der Waals surface area contributed by atoms with E-state index in [1.165, 1.54) is 23.6 Å². The number of carbonyl (C=O) groups excluding carboxylic acids is 3. The van der Waals surface area contributed by atoms with E-state index in [9.17, 15) is 14.4 Å². The van der Waals surface area contributed by atoms with E-state index in [-0.39, 0.29) is 18.2 Å². The number of nitrogens with zero attached hydrogens (tertiary/aromatic N) is 1. The minimum atomic E-state index is -0.969. The number of fused-ring (bicyclic) bond motifs is 1. The fourth-order valence-corrected chi connectivity index (χ4v) is 3.56. The fraction of sp³-hybridized carbons (Fsp3) is 0.250. The first-order chi connectivity index (χ1) is 12.9. The summed E-state index contributed by atoms with van der Waals surface area (Å²) in [7, 11) is 0. The van der Waals surface area contributed by atoms with Gasteiger partial charge < -0.3 is 10.1 Å². The molecule has 6 nitrogen and oxygen atoms in total. The zero-order valence-corrected chi connectivity index (χ0v) is 15.9. The van der Waals surface area contributed by atoms with Crippen LogP contribution in [-0.4, -0.2) is 36.2 Å². The number of hydrogen-bond donors (Lipinski definition) is 1. The van der Waals surface area contributed by atoms with Crippen molar-refractivity contribution in [3.8, 4) is 0 Å². The molecule has 2 aromatic rings. The van der Waals surface area contributed by atoms with E-state index < -0.39 is 18.0 Å². The van der Waals surface area contributed by atoms with Gasteiger partial charge in [-0.25, -0.2) is 0 Å². The molecule has 0 bridgehead atoms. The highest BCUT2D eigenvalue weighted by Crippen LogP contribution is 2.34. The van der Waals surface area contributed by atoms with Gasteiger partial charge in [0.15, 0.2) is 6.10 Å². The van der Waals surface area contributed by atoms with Crippen LogP contribution in [0, 0.1) is 6.92 Å². The van der Waals surface area contributed by atoms with Crippen molar-refractivity contribution >= 4 is 40.9 Å². The van der Waals surface area contributed by atoms with Gasteiger partial charge in [-0.1, -0.05) is 29.8 Å². The molecular formula is C20H20N2O4S. The van der Waals surface area contributed by atoms with E-state index in [0.29, 0.717) is 11.4 Å². The van der Waals surface area contributed by atoms with Gasteiger partial charge in [-0.2, -0.15) is 0 Å². The summed E-state index contributed by atoms with van der Waals surface area (Å²) in [5, 5.41) is 2.70. The Labute approximate surface area is 161 Å². The van der Waals surface area contributed by atoms with Crippen LogP contribution >= 0.6 is 11.8 Å². The third-order valence-corrected chi connectivity index (χ3v) is 5.14. The normalized spacial score (nSPS) is 14.3. The molecule has 140 valence electrons. The quantitative estimate of drug-likeness (QED) is 0.802. The Bertz CT molecular complexity index is 867. The summed E-state index contributed by atoms with van der Waals surface area (Å²) in [6.07, 6.45) is -0.969.